The van der Waals surface area contributed by atoms with E-state index in [1.165, 1.54) is 0 Å². The van der Waals surface area contributed by atoms with Crippen molar-refractivity contribution in [3.63, 3.8) is 0 Å². The molecular weight excluding hydrogens is 233 g/mol. The molecule has 5 heteroatoms. The van der Waals surface area contributed by atoms with Gasteiger partial charge in [-0.1, -0.05) is 0 Å². The third-order valence-electron chi connectivity index (χ3n) is 3.50. The van der Waals surface area contributed by atoms with Crippen molar-refractivity contribution in [1.82, 2.24) is 4.98 Å². The maximum absolute atomic E-state index is 5.98. The Morgan fingerprint density at radius 1 is 1.12 bits per heavy atom. The Morgan fingerprint density at radius 2 is 1.71 bits per heavy atom. The molecule has 0 amide bonds. The highest BCUT2D eigenvalue weighted by Gasteiger charge is 2.51. The van der Waals surface area contributed by atoms with Crippen LogP contribution in [0, 0.1) is 0 Å². The van der Waals surface area contributed by atoms with E-state index in [-0.39, 0.29) is 18.3 Å². The Labute approximate surface area is 107 Å². The van der Waals surface area contributed by atoms with E-state index in [0.717, 1.165) is 10.4 Å². The summed E-state index contributed by atoms with van der Waals surface area (Å²) in [7, 11) is -0.320. The van der Waals surface area contributed by atoms with Gasteiger partial charge in [-0.25, -0.2) is 0 Å². The van der Waals surface area contributed by atoms with Gasteiger partial charge >= 0.3 is 7.12 Å². The van der Waals surface area contributed by atoms with Crippen LogP contribution in [0.3, 0.4) is 0 Å². The molecule has 1 aliphatic rings. The Balaban J connectivity index is 2.25. The van der Waals surface area contributed by atoms with Gasteiger partial charge in [-0.15, -0.1) is 11.8 Å². The summed E-state index contributed by atoms with van der Waals surface area (Å²) < 4.78 is 12.0. The molecule has 0 saturated carbocycles. The summed E-state index contributed by atoms with van der Waals surface area (Å²) in [5, 5.41) is 0. The topological polar surface area (TPSA) is 31.4 Å². The van der Waals surface area contributed by atoms with E-state index >= 15 is 0 Å². The first-order valence-corrected chi connectivity index (χ1v) is 6.93. The largest absolute Gasteiger partial charge is 0.496 e. The van der Waals surface area contributed by atoms with Crippen LogP contribution in [0.1, 0.15) is 27.7 Å². The molecule has 0 atom stereocenters. The number of rotatable bonds is 2. The zero-order chi connectivity index (χ0) is 12.7. The third kappa shape index (κ3) is 2.37. The number of aromatic nitrogens is 1. The minimum absolute atomic E-state index is 0.299. The molecule has 17 heavy (non-hydrogen) atoms. The highest BCUT2D eigenvalue weighted by molar-refractivity contribution is 7.98. The molecule has 0 spiro atoms. The Kier molecular flexibility index (Phi) is 3.27. The van der Waals surface area contributed by atoms with Crippen molar-refractivity contribution in [2.24, 2.45) is 0 Å². The van der Waals surface area contributed by atoms with E-state index in [1.807, 2.05) is 18.6 Å². The first-order chi connectivity index (χ1) is 7.86. The molecule has 2 rings (SSSR count). The van der Waals surface area contributed by atoms with Crippen molar-refractivity contribution < 1.29 is 9.31 Å². The molecule has 1 aromatic heterocycles. The van der Waals surface area contributed by atoms with Crippen LogP contribution in [0.2, 0.25) is 0 Å². The second kappa shape index (κ2) is 4.30. The van der Waals surface area contributed by atoms with Gasteiger partial charge in [-0.2, -0.15) is 0 Å². The lowest BCUT2D eigenvalue weighted by atomic mass is 9.80. The van der Waals surface area contributed by atoms with Gasteiger partial charge in [0.25, 0.3) is 0 Å². The smallest absolute Gasteiger partial charge is 0.399 e. The van der Waals surface area contributed by atoms with Gasteiger partial charge in [0.05, 0.1) is 11.2 Å². The predicted molar refractivity (Wildman–Crippen MR) is 71.7 cm³/mol. The second-order valence-electron chi connectivity index (χ2n) is 5.25. The fourth-order valence-corrected chi connectivity index (χ4v) is 2.08. The summed E-state index contributed by atoms with van der Waals surface area (Å²) in [6, 6.07) is 2.07. The minimum Gasteiger partial charge on any atom is -0.399 e. The number of hydrogen-bond acceptors (Lipinski definition) is 4. The van der Waals surface area contributed by atoms with Gasteiger partial charge in [0.15, 0.2) is 0 Å². The van der Waals surface area contributed by atoms with E-state index in [0.29, 0.717) is 0 Å². The van der Waals surface area contributed by atoms with Crippen molar-refractivity contribution >= 4 is 24.3 Å². The lowest BCUT2D eigenvalue weighted by molar-refractivity contribution is 0.00578. The van der Waals surface area contributed by atoms with Crippen LogP contribution in [0.4, 0.5) is 0 Å². The standard InChI is InChI=1S/C12H18BNO2S/c1-11(2)12(3,4)16-13(15-11)9-6-10(17-5)8-14-7-9/h6-8H,1-5H3. The molecular formula is C12H18BNO2S. The molecule has 0 N–H and O–H groups in total. The van der Waals surface area contributed by atoms with Crippen molar-refractivity contribution in [2.75, 3.05) is 6.26 Å². The summed E-state index contributed by atoms with van der Waals surface area (Å²) in [4.78, 5) is 5.34. The van der Waals surface area contributed by atoms with Crippen LogP contribution in [-0.2, 0) is 9.31 Å². The van der Waals surface area contributed by atoms with Gasteiger partial charge in [-0.05, 0) is 40.0 Å². The molecule has 1 aromatic rings. The van der Waals surface area contributed by atoms with E-state index < -0.39 is 0 Å². The zero-order valence-corrected chi connectivity index (χ0v) is 11.8. The molecule has 3 nitrogen and oxygen atoms in total. The van der Waals surface area contributed by atoms with Gasteiger partial charge < -0.3 is 9.31 Å². The van der Waals surface area contributed by atoms with Crippen LogP contribution in [-0.4, -0.2) is 29.6 Å². The fraction of sp³-hybridized carbons (Fsp3) is 0.583. The number of pyridine rings is 1. The summed E-state index contributed by atoms with van der Waals surface area (Å²) in [5.41, 5.74) is 0.385. The van der Waals surface area contributed by atoms with Crippen LogP contribution >= 0.6 is 11.8 Å². The summed E-state index contributed by atoms with van der Waals surface area (Å²) in [5.74, 6) is 0. The monoisotopic (exact) mass is 251 g/mol. The zero-order valence-electron chi connectivity index (χ0n) is 11.0. The molecule has 0 aliphatic carbocycles. The van der Waals surface area contributed by atoms with E-state index in [1.54, 1.807) is 11.8 Å². The molecule has 92 valence electrons. The summed E-state index contributed by atoms with van der Waals surface area (Å²) in [6.07, 6.45) is 5.69. The van der Waals surface area contributed by atoms with Crippen LogP contribution in [0.25, 0.3) is 0 Å². The lowest BCUT2D eigenvalue weighted by Crippen LogP contribution is -2.41. The molecule has 1 fully saturated rings. The van der Waals surface area contributed by atoms with Crippen LogP contribution in [0.5, 0.6) is 0 Å². The first kappa shape index (κ1) is 12.9. The predicted octanol–water partition coefficient (Wildman–Crippen LogP) is 2.10. The summed E-state index contributed by atoms with van der Waals surface area (Å²) >= 11 is 1.67. The van der Waals surface area contributed by atoms with Crippen molar-refractivity contribution in [2.45, 2.75) is 43.8 Å². The minimum atomic E-state index is -0.320. The van der Waals surface area contributed by atoms with E-state index in [2.05, 4.69) is 38.7 Å². The van der Waals surface area contributed by atoms with E-state index in [4.69, 9.17) is 9.31 Å². The number of nitrogens with zero attached hydrogens (tertiary/aromatic N) is 1. The van der Waals surface area contributed by atoms with Crippen molar-refractivity contribution in [3.8, 4) is 0 Å². The maximum atomic E-state index is 5.98. The molecule has 0 bridgehead atoms. The Bertz CT molecular complexity index is 407. The normalized spacial score (nSPS) is 21.8. The van der Waals surface area contributed by atoms with Gasteiger partial charge in [0.1, 0.15) is 0 Å². The fourth-order valence-electron chi connectivity index (χ4n) is 1.66. The first-order valence-electron chi connectivity index (χ1n) is 5.70. The molecule has 0 unspecified atom stereocenters. The average Bonchev–Trinajstić information content (AvgIpc) is 2.48. The SMILES string of the molecule is CSc1cncc(B2OC(C)(C)C(C)(C)O2)c1. The second-order valence-corrected chi connectivity index (χ2v) is 6.13. The highest BCUT2D eigenvalue weighted by atomic mass is 32.2. The Hall–Kier alpha value is -0.515. The number of hydrogen-bond donors (Lipinski definition) is 0. The molecule has 2 heterocycles. The number of thioether (sulfide) groups is 1. The molecule has 0 radical (unpaired) electrons. The molecule has 0 aromatic carbocycles. The van der Waals surface area contributed by atoms with Gasteiger partial charge in [-0.3, -0.25) is 4.98 Å². The highest BCUT2D eigenvalue weighted by Crippen LogP contribution is 2.36. The average molecular weight is 251 g/mol. The Morgan fingerprint density at radius 3 is 2.24 bits per heavy atom. The van der Waals surface area contributed by atoms with Gasteiger partial charge in [0, 0.05) is 22.8 Å². The van der Waals surface area contributed by atoms with Crippen molar-refractivity contribution in [1.29, 1.82) is 0 Å². The third-order valence-corrected chi connectivity index (χ3v) is 4.19. The van der Waals surface area contributed by atoms with Crippen LogP contribution < -0.4 is 5.46 Å². The summed E-state index contributed by atoms with van der Waals surface area (Å²) in [6.45, 7) is 8.22. The van der Waals surface area contributed by atoms with Crippen molar-refractivity contribution in [3.05, 3.63) is 18.5 Å². The van der Waals surface area contributed by atoms with Crippen LogP contribution in [0.15, 0.2) is 23.4 Å². The maximum Gasteiger partial charge on any atom is 0.496 e. The van der Waals surface area contributed by atoms with E-state index in [9.17, 15) is 0 Å². The molecule has 1 saturated heterocycles. The lowest BCUT2D eigenvalue weighted by Gasteiger charge is -2.32. The molecule has 1 aliphatic heterocycles. The van der Waals surface area contributed by atoms with Gasteiger partial charge in [0.2, 0.25) is 0 Å². The quantitative estimate of drug-likeness (QED) is 0.595.